The average molecular weight is 342 g/mol. The summed E-state index contributed by atoms with van der Waals surface area (Å²) in [5.41, 5.74) is 4.02. The van der Waals surface area contributed by atoms with Crippen LogP contribution in [-0.4, -0.2) is 47.8 Å². The Morgan fingerprint density at radius 3 is 2.16 bits per heavy atom. The van der Waals surface area contributed by atoms with Gasteiger partial charge in [-0.2, -0.15) is 0 Å². The zero-order valence-electron chi connectivity index (χ0n) is 15.6. The number of fused-ring (bicyclic) bond motifs is 1. The standard InChI is InChI=1S/C21H30N2O2/c1-16(2)13-20(24)22-9-11-23(12-10-22)21(25)15-17-7-8-18-5-3-4-6-19(18)14-17/h7-8,14,16H,3-6,9-13,15H2,1-2H3. The second-order valence-corrected chi connectivity index (χ2v) is 7.85. The van der Waals surface area contributed by atoms with Gasteiger partial charge in [-0.15, -0.1) is 0 Å². The van der Waals surface area contributed by atoms with Gasteiger partial charge < -0.3 is 9.80 Å². The number of rotatable bonds is 4. The highest BCUT2D eigenvalue weighted by Crippen LogP contribution is 2.22. The topological polar surface area (TPSA) is 40.6 Å². The lowest BCUT2D eigenvalue weighted by Crippen LogP contribution is -2.51. The third-order valence-corrected chi connectivity index (χ3v) is 5.34. The van der Waals surface area contributed by atoms with E-state index >= 15 is 0 Å². The molecule has 3 rings (SSSR count). The fourth-order valence-corrected chi connectivity index (χ4v) is 3.87. The van der Waals surface area contributed by atoms with E-state index in [1.165, 1.54) is 30.4 Å². The molecule has 1 fully saturated rings. The lowest BCUT2D eigenvalue weighted by molar-refractivity contribution is -0.139. The van der Waals surface area contributed by atoms with E-state index in [0.29, 0.717) is 44.9 Å². The molecule has 0 atom stereocenters. The summed E-state index contributed by atoms with van der Waals surface area (Å²) < 4.78 is 0. The predicted molar refractivity (Wildman–Crippen MR) is 99.4 cm³/mol. The first-order valence-electron chi connectivity index (χ1n) is 9.69. The van der Waals surface area contributed by atoms with Crippen molar-refractivity contribution in [2.24, 2.45) is 5.92 Å². The third kappa shape index (κ3) is 4.62. The molecule has 25 heavy (non-hydrogen) atoms. The summed E-state index contributed by atoms with van der Waals surface area (Å²) in [6.45, 7) is 6.79. The molecule has 2 aliphatic rings. The van der Waals surface area contributed by atoms with E-state index in [1.807, 2.05) is 9.80 Å². The zero-order chi connectivity index (χ0) is 17.8. The Labute approximate surface area is 151 Å². The van der Waals surface area contributed by atoms with Crippen LogP contribution in [0.15, 0.2) is 18.2 Å². The summed E-state index contributed by atoms with van der Waals surface area (Å²) in [4.78, 5) is 28.6. The molecule has 2 amide bonds. The highest BCUT2D eigenvalue weighted by molar-refractivity contribution is 5.80. The summed E-state index contributed by atoms with van der Waals surface area (Å²) in [6.07, 6.45) is 5.95. The molecular formula is C21H30N2O2. The van der Waals surface area contributed by atoms with Crippen LogP contribution in [0, 0.1) is 5.92 Å². The van der Waals surface area contributed by atoms with Crippen LogP contribution in [0.5, 0.6) is 0 Å². The van der Waals surface area contributed by atoms with Gasteiger partial charge >= 0.3 is 0 Å². The maximum Gasteiger partial charge on any atom is 0.227 e. The molecule has 136 valence electrons. The van der Waals surface area contributed by atoms with E-state index in [9.17, 15) is 9.59 Å². The minimum absolute atomic E-state index is 0.187. The first kappa shape index (κ1) is 18.0. The zero-order valence-corrected chi connectivity index (χ0v) is 15.6. The Morgan fingerprint density at radius 1 is 0.920 bits per heavy atom. The minimum Gasteiger partial charge on any atom is -0.339 e. The fourth-order valence-electron chi connectivity index (χ4n) is 3.87. The van der Waals surface area contributed by atoms with E-state index in [-0.39, 0.29) is 11.8 Å². The Hall–Kier alpha value is -1.84. The van der Waals surface area contributed by atoms with Crippen LogP contribution < -0.4 is 0 Å². The number of hydrogen-bond acceptors (Lipinski definition) is 2. The molecule has 1 aromatic carbocycles. The number of benzene rings is 1. The Morgan fingerprint density at radius 2 is 1.52 bits per heavy atom. The molecule has 0 radical (unpaired) electrons. The van der Waals surface area contributed by atoms with Gasteiger partial charge in [-0.25, -0.2) is 0 Å². The molecule has 1 aliphatic heterocycles. The smallest absolute Gasteiger partial charge is 0.227 e. The monoisotopic (exact) mass is 342 g/mol. The van der Waals surface area contributed by atoms with Crippen molar-refractivity contribution in [3.05, 3.63) is 34.9 Å². The van der Waals surface area contributed by atoms with E-state index < -0.39 is 0 Å². The second-order valence-electron chi connectivity index (χ2n) is 7.85. The summed E-state index contributed by atoms with van der Waals surface area (Å²) in [5, 5.41) is 0. The minimum atomic E-state index is 0.187. The molecule has 0 unspecified atom stereocenters. The van der Waals surface area contributed by atoms with Crippen molar-refractivity contribution in [1.29, 1.82) is 0 Å². The number of hydrogen-bond donors (Lipinski definition) is 0. The molecule has 1 aliphatic carbocycles. The second kappa shape index (κ2) is 8.03. The number of nitrogens with zero attached hydrogens (tertiary/aromatic N) is 2. The summed E-state index contributed by atoms with van der Waals surface area (Å²) >= 11 is 0. The molecule has 0 saturated carbocycles. The summed E-state index contributed by atoms with van der Waals surface area (Å²) in [6, 6.07) is 6.55. The van der Waals surface area contributed by atoms with Crippen molar-refractivity contribution in [2.75, 3.05) is 26.2 Å². The van der Waals surface area contributed by atoms with Crippen molar-refractivity contribution in [3.63, 3.8) is 0 Å². The third-order valence-electron chi connectivity index (χ3n) is 5.34. The number of aryl methyl sites for hydroxylation is 2. The van der Waals surface area contributed by atoms with Gasteiger partial charge in [-0.3, -0.25) is 9.59 Å². The number of amides is 2. The van der Waals surface area contributed by atoms with Crippen molar-refractivity contribution in [3.8, 4) is 0 Å². The van der Waals surface area contributed by atoms with Crippen LogP contribution in [0.25, 0.3) is 0 Å². The van der Waals surface area contributed by atoms with E-state index in [4.69, 9.17) is 0 Å². The molecule has 1 heterocycles. The number of carbonyl (C=O) groups is 2. The fraction of sp³-hybridized carbons (Fsp3) is 0.619. The molecule has 0 N–H and O–H groups in total. The molecule has 0 aromatic heterocycles. The van der Waals surface area contributed by atoms with Gasteiger partial charge in [-0.05, 0) is 48.3 Å². The highest BCUT2D eigenvalue weighted by atomic mass is 16.2. The number of piperazine rings is 1. The molecule has 4 nitrogen and oxygen atoms in total. The van der Waals surface area contributed by atoms with Crippen molar-refractivity contribution < 1.29 is 9.59 Å². The van der Waals surface area contributed by atoms with Crippen LogP contribution in [0.3, 0.4) is 0 Å². The Kier molecular flexibility index (Phi) is 5.77. The maximum atomic E-state index is 12.6. The van der Waals surface area contributed by atoms with Crippen LogP contribution in [-0.2, 0) is 28.9 Å². The van der Waals surface area contributed by atoms with Crippen molar-refractivity contribution in [2.45, 2.75) is 52.4 Å². The van der Waals surface area contributed by atoms with E-state index in [1.54, 1.807) is 0 Å². The molecule has 1 aromatic rings. The van der Waals surface area contributed by atoms with E-state index in [0.717, 1.165) is 12.0 Å². The van der Waals surface area contributed by atoms with Crippen molar-refractivity contribution in [1.82, 2.24) is 9.80 Å². The summed E-state index contributed by atoms with van der Waals surface area (Å²) in [7, 11) is 0. The van der Waals surface area contributed by atoms with Crippen LogP contribution >= 0.6 is 0 Å². The normalized spacial score (nSPS) is 17.6. The molecular weight excluding hydrogens is 312 g/mol. The van der Waals surface area contributed by atoms with Gasteiger partial charge in [0.2, 0.25) is 11.8 Å². The number of carbonyl (C=O) groups excluding carboxylic acids is 2. The van der Waals surface area contributed by atoms with Crippen molar-refractivity contribution >= 4 is 11.8 Å². The average Bonchev–Trinajstić information content (AvgIpc) is 2.61. The van der Waals surface area contributed by atoms with Gasteiger partial charge in [0, 0.05) is 32.6 Å². The lowest BCUT2D eigenvalue weighted by Gasteiger charge is -2.35. The molecule has 1 saturated heterocycles. The van der Waals surface area contributed by atoms with Gasteiger partial charge in [0.25, 0.3) is 0 Å². The quantitative estimate of drug-likeness (QED) is 0.844. The summed E-state index contributed by atoms with van der Waals surface area (Å²) in [5.74, 6) is 0.791. The van der Waals surface area contributed by atoms with Gasteiger partial charge in [0.15, 0.2) is 0 Å². The maximum absolute atomic E-state index is 12.6. The van der Waals surface area contributed by atoms with E-state index in [2.05, 4.69) is 32.0 Å². The van der Waals surface area contributed by atoms with Gasteiger partial charge in [0.1, 0.15) is 0 Å². The Balaban J connectivity index is 1.52. The first-order valence-corrected chi connectivity index (χ1v) is 9.69. The largest absolute Gasteiger partial charge is 0.339 e. The lowest BCUT2D eigenvalue weighted by atomic mass is 9.90. The van der Waals surface area contributed by atoms with Crippen LogP contribution in [0.4, 0.5) is 0 Å². The Bertz CT molecular complexity index is 631. The highest BCUT2D eigenvalue weighted by Gasteiger charge is 2.24. The molecule has 0 spiro atoms. The predicted octanol–water partition coefficient (Wildman–Crippen LogP) is 2.82. The van der Waals surface area contributed by atoms with Crippen LogP contribution in [0.2, 0.25) is 0 Å². The van der Waals surface area contributed by atoms with Gasteiger partial charge in [-0.1, -0.05) is 32.0 Å². The molecule has 0 bridgehead atoms. The SMILES string of the molecule is CC(C)CC(=O)N1CCN(C(=O)Cc2ccc3c(c2)CCCC3)CC1. The van der Waals surface area contributed by atoms with Crippen LogP contribution in [0.1, 0.15) is 49.8 Å². The van der Waals surface area contributed by atoms with Gasteiger partial charge in [0.05, 0.1) is 6.42 Å². The molecule has 4 heteroatoms. The first-order chi connectivity index (χ1) is 12.0.